The number of piperazine rings is 1. The molecule has 0 spiro atoms. The molecule has 1 aromatic carbocycles. The van der Waals surface area contributed by atoms with Gasteiger partial charge in [-0.2, -0.15) is 5.26 Å². The summed E-state index contributed by atoms with van der Waals surface area (Å²) in [5, 5.41) is 9.42. The molecule has 8 nitrogen and oxygen atoms in total. The predicted molar refractivity (Wildman–Crippen MR) is 117 cm³/mol. The molecule has 1 aliphatic carbocycles. The van der Waals surface area contributed by atoms with Gasteiger partial charge in [0.1, 0.15) is 23.3 Å². The second kappa shape index (κ2) is 9.50. The molecule has 162 valence electrons. The third-order valence-corrected chi connectivity index (χ3v) is 6.37. The number of ether oxygens (including phenoxy) is 1. The van der Waals surface area contributed by atoms with E-state index in [2.05, 4.69) is 25.8 Å². The Bertz CT molecular complexity index is 961. The lowest BCUT2D eigenvalue weighted by atomic mass is 9.91. The molecule has 1 amide bonds. The van der Waals surface area contributed by atoms with Crippen molar-refractivity contribution >= 4 is 23.3 Å². The summed E-state index contributed by atoms with van der Waals surface area (Å²) in [7, 11) is 0. The lowest BCUT2D eigenvalue weighted by Gasteiger charge is -2.42. The topological polar surface area (TPSA) is 108 Å². The molecule has 2 heterocycles. The van der Waals surface area contributed by atoms with Crippen molar-refractivity contribution in [1.82, 2.24) is 14.9 Å². The number of primary amides is 1. The van der Waals surface area contributed by atoms with Crippen molar-refractivity contribution < 1.29 is 9.53 Å². The van der Waals surface area contributed by atoms with Crippen molar-refractivity contribution in [1.29, 1.82) is 5.26 Å². The number of hydrogen-bond acceptors (Lipinski definition) is 7. The molecule has 1 saturated carbocycles. The summed E-state index contributed by atoms with van der Waals surface area (Å²) in [5.74, 6) is 0.943. The fourth-order valence-corrected chi connectivity index (χ4v) is 4.52. The molecule has 1 aliphatic heterocycles. The number of rotatable bonds is 5. The second-order valence-corrected chi connectivity index (χ2v) is 8.36. The molecule has 9 heteroatoms. The molecule has 0 bridgehead atoms. The van der Waals surface area contributed by atoms with Crippen molar-refractivity contribution in [3.8, 4) is 11.8 Å². The highest BCUT2D eigenvalue weighted by Gasteiger charge is 2.29. The van der Waals surface area contributed by atoms with Gasteiger partial charge in [-0.1, -0.05) is 11.6 Å². The van der Waals surface area contributed by atoms with Gasteiger partial charge in [0.25, 0.3) is 5.91 Å². The Kier molecular flexibility index (Phi) is 6.54. The van der Waals surface area contributed by atoms with Gasteiger partial charge in [0.2, 0.25) is 0 Å². The molecule has 2 aliphatic rings. The summed E-state index contributed by atoms with van der Waals surface area (Å²) >= 11 is 6.11. The maximum atomic E-state index is 11.1. The molecule has 1 aromatic heterocycles. The van der Waals surface area contributed by atoms with Crippen LogP contribution in [0.1, 0.15) is 41.7 Å². The summed E-state index contributed by atoms with van der Waals surface area (Å²) in [4.78, 5) is 24.3. The summed E-state index contributed by atoms with van der Waals surface area (Å²) in [6.07, 6.45) is 7.44. The van der Waals surface area contributed by atoms with Gasteiger partial charge in [0.15, 0.2) is 0 Å². The van der Waals surface area contributed by atoms with Crippen LogP contribution in [-0.4, -0.2) is 59.1 Å². The molecular formula is C22H25ClN6O2. The van der Waals surface area contributed by atoms with Crippen LogP contribution in [0, 0.1) is 11.3 Å². The Hall–Kier alpha value is -2.89. The Morgan fingerprint density at radius 1 is 1.13 bits per heavy atom. The van der Waals surface area contributed by atoms with Gasteiger partial charge in [0, 0.05) is 38.3 Å². The highest BCUT2D eigenvalue weighted by atomic mass is 35.5. The maximum absolute atomic E-state index is 11.1. The van der Waals surface area contributed by atoms with Gasteiger partial charge in [-0.05, 0) is 37.8 Å². The average molecular weight is 441 g/mol. The third-order valence-electron chi connectivity index (χ3n) is 6.05. The number of benzene rings is 1. The van der Waals surface area contributed by atoms with Crippen molar-refractivity contribution in [3.05, 3.63) is 46.9 Å². The second-order valence-electron chi connectivity index (χ2n) is 7.95. The fourth-order valence-electron chi connectivity index (χ4n) is 4.31. The van der Waals surface area contributed by atoms with E-state index >= 15 is 0 Å². The van der Waals surface area contributed by atoms with E-state index in [0.717, 1.165) is 63.4 Å². The molecule has 1 saturated heterocycles. The highest BCUT2D eigenvalue weighted by Crippen LogP contribution is 2.29. The van der Waals surface area contributed by atoms with Gasteiger partial charge in [-0.3, -0.25) is 9.69 Å². The summed E-state index contributed by atoms with van der Waals surface area (Å²) < 4.78 is 6.10. The van der Waals surface area contributed by atoms with E-state index < -0.39 is 5.91 Å². The van der Waals surface area contributed by atoms with Crippen LogP contribution in [0.15, 0.2) is 30.6 Å². The van der Waals surface area contributed by atoms with Crippen molar-refractivity contribution in [3.63, 3.8) is 0 Å². The average Bonchev–Trinajstić information content (AvgIpc) is 2.80. The minimum absolute atomic E-state index is 0.181. The van der Waals surface area contributed by atoms with Gasteiger partial charge in [0.05, 0.1) is 29.1 Å². The van der Waals surface area contributed by atoms with Crippen LogP contribution >= 0.6 is 11.6 Å². The van der Waals surface area contributed by atoms with Crippen LogP contribution in [0.2, 0.25) is 5.02 Å². The van der Waals surface area contributed by atoms with E-state index in [0.29, 0.717) is 16.6 Å². The van der Waals surface area contributed by atoms with Crippen LogP contribution in [0.4, 0.5) is 5.82 Å². The zero-order chi connectivity index (χ0) is 21.8. The number of carbonyl (C=O) groups is 1. The summed E-state index contributed by atoms with van der Waals surface area (Å²) in [5.41, 5.74) is 5.88. The highest BCUT2D eigenvalue weighted by molar-refractivity contribution is 6.31. The molecule has 0 atom stereocenters. The molecule has 31 heavy (non-hydrogen) atoms. The number of nitrogens with zero attached hydrogens (tertiary/aromatic N) is 5. The molecule has 4 rings (SSSR count). The first kappa shape index (κ1) is 21.3. The normalized spacial score (nSPS) is 22.0. The third kappa shape index (κ3) is 5.06. The number of aromatic nitrogens is 2. The minimum Gasteiger partial charge on any atom is -0.490 e. The van der Waals surface area contributed by atoms with Crippen LogP contribution in [0.25, 0.3) is 0 Å². The molecule has 2 fully saturated rings. The van der Waals surface area contributed by atoms with E-state index in [1.807, 2.05) is 6.07 Å². The first-order valence-electron chi connectivity index (χ1n) is 10.5. The largest absolute Gasteiger partial charge is 0.490 e. The smallest absolute Gasteiger partial charge is 0.268 e. The summed E-state index contributed by atoms with van der Waals surface area (Å²) in [6.45, 7) is 3.71. The Labute approximate surface area is 186 Å². The van der Waals surface area contributed by atoms with Gasteiger partial charge in [-0.15, -0.1) is 0 Å². The molecule has 0 unspecified atom stereocenters. The number of carbonyl (C=O) groups excluding carboxylic acids is 1. The van der Waals surface area contributed by atoms with E-state index in [1.165, 1.54) is 6.20 Å². The Morgan fingerprint density at radius 2 is 1.87 bits per heavy atom. The van der Waals surface area contributed by atoms with Crippen LogP contribution in [-0.2, 0) is 0 Å². The lowest BCUT2D eigenvalue weighted by molar-refractivity contribution is 0.0845. The van der Waals surface area contributed by atoms with Gasteiger partial charge in [-0.25, -0.2) is 9.97 Å². The monoisotopic (exact) mass is 440 g/mol. The summed E-state index contributed by atoms with van der Waals surface area (Å²) in [6, 6.07) is 7.87. The number of halogens is 1. The zero-order valence-corrected chi connectivity index (χ0v) is 18.0. The fraction of sp³-hybridized carbons (Fsp3) is 0.455. The van der Waals surface area contributed by atoms with Crippen LogP contribution < -0.4 is 15.4 Å². The molecule has 2 aromatic rings. The standard InChI is InChI=1S/C22H25ClN6O2/c23-19-11-18(4-1-15(19)12-24)31-17-5-2-16(3-6-17)28-7-9-29(10-8-28)21-14-26-20(13-27-21)22(25)30/h1,4,11,13-14,16-17H,2-3,5-10H2,(H2,25,30). The van der Waals surface area contributed by atoms with E-state index in [4.69, 9.17) is 27.3 Å². The predicted octanol–water partition coefficient (Wildman–Crippen LogP) is 2.61. The van der Waals surface area contributed by atoms with E-state index in [9.17, 15) is 4.79 Å². The van der Waals surface area contributed by atoms with Crippen LogP contribution in [0.5, 0.6) is 5.75 Å². The van der Waals surface area contributed by atoms with E-state index in [-0.39, 0.29) is 11.8 Å². The number of nitriles is 1. The van der Waals surface area contributed by atoms with Gasteiger partial charge >= 0.3 is 0 Å². The minimum atomic E-state index is -0.564. The number of amides is 1. The van der Waals surface area contributed by atoms with Crippen LogP contribution in [0.3, 0.4) is 0 Å². The first-order chi connectivity index (χ1) is 15.0. The zero-order valence-electron chi connectivity index (χ0n) is 17.2. The number of hydrogen-bond donors (Lipinski definition) is 1. The SMILES string of the molecule is N#Cc1ccc(OC2CCC(N3CCN(c4cnc(C(N)=O)cn4)CC3)CC2)cc1Cl. The first-order valence-corrected chi connectivity index (χ1v) is 10.9. The lowest BCUT2D eigenvalue weighted by Crippen LogP contribution is -2.51. The number of anilines is 1. The van der Waals surface area contributed by atoms with Crippen molar-refractivity contribution in [2.45, 2.75) is 37.8 Å². The van der Waals surface area contributed by atoms with E-state index in [1.54, 1.807) is 18.3 Å². The molecular weight excluding hydrogens is 416 g/mol. The van der Waals surface area contributed by atoms with Crippen molar-refractivity contribution in [2.75, 3.05) is 31.1 Å². The molecule has 2 N–H and O–H groups in total. The Morgan fingerprint density at radius 3 is 2.45 bits per heavy atom. The quantitative estimate of drug-likeness (QED) is 0.761. The molecule has 0 radical (unpaired) electrons. The maximum Gasteiger partial charge on any atom is 0.268 e. The van der Waals surface area contributed by atoms with Crippen molar-refractivity contribution in [2.24, 2.45) is 5.73 Å². The number of nitrogens with two attached hydrogens (primary N) is 1. The van der Waals surface area contributed by atoms with Gasteiger partial charge < -0.3 is 15.4 Å². The Balaban J connectivity index is 1.24.